The summed E-state index contributed by atoms with van der Waals surface area (Å²) in [5.74, 6) is 0.104. The van der Waals surface area contributed by atoms with Crippen LogP contribution in [0.25, 0.3) is 0 Å². The maximum Gasteiger partial charge on any atom is 0.137 e. The third-order valence-electron chi connectivity index (χ3n) is 2.78. The minimum absolute atomic E-state index is 0.211. The fourth-order valence-corrected chi connectivity index (χ4v) is 2.12. The number of aliphatic hydroxyl groups is 1. The Labute approximate surface area is 125 Å². The molecule has 0 aliphatic rings. The molecule has 0 radical (unpaired) electrons. The molecule has 0 spiro atoms. The van der Waals surface area contributed by atoms with E-state index in [1.165, 1.54) is 12.3 Å². The normalized spacial score (nSPS) is 12.2. The van der Waals surface area contributed by atoms with Crippen LogP contribution in [0.2, 0.25) is 0 Å². The summed E-state index contributed by atoms with van der Waals surface area (Å²) in [6.45, 7) is 2.58. The average Bonchev–Trinajstić information content (AvgIpc) is 2.45. The van der Waals surface area contributed by atoms with Crippen molar-refractivity contribution in [3.8, 4) is 5.75 Å². The first-order valence-electron chi connectivity index (χ1n) is 6.32. The molecule has 1 heterocycles. The highest BCUT2D eigenvalue weighted by Crippen LogP contribution is 2.27. The number of aromatic nitrogens is 1. The molecule has 0 saturated carbocycles. The molecule has 2 aromatic rings. The third kappa shape index (κ3) is 3.55. The van der Waals surface area contributed by atoms with Gasteiger partial charge in [0, 0.05) is 21.8 Å². The van der Waals surface area contributed by atoms with Gasteiger partial charge < -0.3 is 9.84 Å². The molecule has 3 nitrogen and oxygen atoms in total. The van der Waals surface area contributed by atoms with Crippen LogP contribution in [-0.4, -0.2) is 16.7 Å². The predicted octanol–water partition coefficient (Wildman–Crippen LogP) is 3.85. The molecule has 5 heteroatoms. The van der Waals surface area contributed by atoms with Gasteiger partial charge in [-0.2, -0.15) is 0 Å². The fraction of sp³-hybridized carbons (Fsp3) is 0.267. The van der Waals surface area contributed by atoms with Crippen molar-refractivity contribution in [3.63, 3.8) is 0 Å². The van der Waals surface area contributed by atoms with Crippen molar-refractivity contribution in [3.05, 3.63) is 58.1 Å². The number of pyridine rings is 1. The van der Waals surface area contributed by atoms with E-state index in [1.54, 1.807) is 24.4 Å². The minimum Gasteiger partial charge on any atom is -0.492 e. The number of hydrogen-bond acceptors (Lipinski definition) is 3. The quantitative estimate of drug-likeness (QED) is 0.899. The highest BCUT2D eigenvalue weighted by atomic mass is 79.9. The van der Waals surface area contributed by atoms with E-state index in [9.17, 15) is 9.50 Å². The summed E-state index contributed by atoms with van der Waals surface area (Å²) in [6, 6.07) is 6.23. The summed E-state index contributed by atoms with van der Waals surface area (Å²) >= 11 is 3.19. The molecule has 1 atom stereocenters. The number of aliphatic hydroxyl groups excluding tert-OH is 1. The number of rotatable bonds is 5. The standard InChI is InChI=1S/C15H15BrFNO2/c1-2-5-20-12-6-10(8-18-9-12)15(19)13-4-3-11(16)7-14(13)17/h3-4,6-9,15,19H,2,5H2,1H3. The molecule has 0 saturated heterocycles. The van der Waals surface area contributed by atoms with E-state index < -0.39 is 11.9 Å². The largest absolute Gasteiger partial charge is 0.492 e. The summed E-state index contributed by atoms with van der Waals surface area (Å²) in [6.07, 6.45) is 2.89. The lowest BCUT2D eigenvalue weighted by Crippen LogP contribution is -2.04. The summed E-state index contributed by atoms with van der Waals surface area (Å²) in [5, 5.41) is 10.3. The number of benzene rings is 1. The highest BCUT2D eigenvalue weighted by molar-refractivity contribution is 9.10. The van der Waals surface area contributed by atoms with Crippen molar-refractivity contribution in [1.29, 1.82) is 0 Å². The fourth-order valence-electron chi connectivity index (χ4n) is 1.79. The zero-order valence-corrected chi connectivity index (χ0v) is 12.6. The lowest BCUT2D eigenvalue weighted by Gasteiger charge is -2.13. The lowest BCUT2D eigenvalue weighted by atomic mass is 10.0. The summed E-state index contributed by atoms with van der Waals surface area (Å²) < 4.78 is 19.9. The molecule has 0 bridgehead atoms. The monoisotopic (exact) mass is 339 g/mol. The van der Waals surface area contributed by atoms with E-state index >= 15 is 0 Å². The van der Waals surface area contributed by atoms with Crippen molar-refractivity contribution in [2.45, 2.75) is 19.4 Å². The third-order valence-corrected chi connectivity index (χ3v) is 3.27. The second-order valence-electron chi connectivity index (χ2n) is 4.37. The van der Waals surface area contributed by atoms with Crippen LogP contribution in [0, 0.1) is 5.82 Å². The summed E-state index contributed by atoms with van der Waals surface area (Å²) in [4.78, 5) is 4.01. The van der Waals surface area contributed by atoms with Crippen LogP contribution < -0.4 is 4.74 Å². The van der Waals surface area contributed by atoms with Gasteiger partial charge in [0.1, 0.15) is 17.7 Å². The molecule has 0 amide bonds. The van der Waals surface area contributed by atoms with Crippen LogP contribution in [-0.2, 0) is 0 Å². The van der Waals surface area contributed by atoms with Crippen LogP contribution in [0.3, 0.4) is 0 Å². The van der Waals surface area contributed by atoms with Crippen molar-refractivity contribution < 1.29 is 14.2 Å². The first-order chi connectivity index (χ1) is 9.61. The molecule has 20 heavy (non-hydrogen) atoms. The zero-order valence-electron chi connectivity index (χ0n) is 11.0. The van der Waals surface area contributed by atoms with Crippen LogP contribution >= 0.6 is 15.9 Å². The van der Waals surface area contributed by atoms with Gasteiger partial charge in [0.05, 0.1) is 12.8 Å². The van der Waals surface area contributed by atoms with E-state index in [-0.39, 0.29) is 5.56 Å². The Balaban J connectivity index is 2.26. The van der Waals surface area contributed by atoms with Gasteiger partial charge in [-0.1, -0.05) is 28.9 Å². The van der Waals surface area contributed by atoms with E-state index in [1.807, 2.05) is 6.92 Å². The maximum absolute atomic E-state index is 13.8. The van der Waals surface area contributed by atoms with E-state index in [0.29, 0.717) is 22.4 Å². The Kier molecular flexibility index (Phi) is 5.09. The van der Waals surface area contributed by atoms with E-state index in [0.717, 1.165) is 6.42 Å². The Morgan fingerprint density at radius 2 is 2.15 bits per heavy atom. The SMILES string of the molecule is CCCOc1cncc(C(O)c2ccc(Br)cc2F)c1. The van der Waals surface area contributed by atoms with Crippen LogP contribution in [0.5, 0.6) is 5.75 Å². The molecule has 2 rings (SSSR count). The van der Waals surface area contributed by atoms with Gasteiger partial charge in [-0.15, -0.1) is 0 Å². The number of ether oxygens (including phenoxy) is 1. The molecule has 0 aliphatic carbocycles. The molecule has 106 valence electrons. The highest BCUT2D eigenvalue weighted by Gasteiger charge is 2.16. The van der Waals surface area contributed by atoms with Crippen molar-refractivity contribution in [2.75, 3.05) is 6.61 Å². The van der Waals surface area contributed by atoms with Gasteiger partial charge in [0.15, 0.2) is 0 Å². The summed E-state index contributed by atoms with van der Waals surface area (Å²) in [7, 11) is 0. The molecule has 1 N–H and O–H groups in total. The molecular formula is C15H15BrFNO2. The Morgan fingerprint density at radius 1 is 1.35 bits per heavy atom. The molecule has 1 unspecified atom stereocenters. The number of halogens is 2. The second-order valence-corrected chi connectivity index (χ2v) is 5.29. The predicted molar refractivity (Wildman–Crippen MR) is 78.2 cm³/mol. The molecule has 0 fully saturated rings. The molecule has 1 aromatic heterocycles. The Hall–Kier alpha value is -1.46. The Bertz CT molecular complexity index is 592. The summed E-state index contributed by atoms with van der Waals surface area (Å²) in [5.41, 5.74) is 0.711. The zero-order chi connectivity index (χ0) is 14.5. The maximum atomic E-state index is 13.8. The van der Waals surface area contributed by atoms with Crippen molar-refractivity contribution in [1.82, 2.24) is 4.98 Å². The second kappa shape index (κ2) is 6.81. The number of hydrogen-bond donors (Lipinski definition) is 1. The van der Waals surface area contributed by atoms with Gasteiger partial charge in [0.25, 0.3) is 0 Å². The van der Waals surface area contributed by atoms with Crippen LogP contribution in [0.1, 0.15) is 30.6 Å². The average molecular weight is 340 g/mol. The van der Waals surface area contributed by atoms with Gasteiger partial charge in [-0.3, -0.25) is 4.98 Å². The lowest BCUT2D eigenvalue weighted by molar-refractivity contribution is 0.213. The number of nitrogens with zero attached hydrogens (tertiary/aromatic N) is 1. The van der Waals surface area contributed by atoms with Crippen molar-refractivity contribution in [2.24, 2.45) is 0 Å². The first kappa shape index (κ1) is 14.9. The Morgan fingerprint density at radius 3 is 2.85 bits per heavy atom. The van der Waals surface area contributed by atoms with Gasteiger partial charge in [-0.25, -0.2) is 4.39 Å². The molecular weight excluding hydrogens is 325 g/mol. The van der Waals surface area contributed by atoms with Crippen molar-refractivity contribution >= 4 is 15.9 Å². The van der Waals surface area contributed by atoms with E-state index in [4.69, 9.17) is 4.74 Å². The van der Waals surface area contributed by atoms with Gasteiger partial charge >= 0.3 is 0 Å². The minimum atomic E-state index is -1.07. The topological polar surface area (TPSA) is 42.4 Å². The molecule has 1 aromatic carbocycles. The van der Waals surface area contributed by atoms with Gasteiger partial charge in [0.2, 0.25) is 0 Å². The van der Waals surface area contributed by atoms with E-state index in [2.05, 4.69) is 20.9 Å². The smallest absolute Gasteiger partial charge is 0.137 e. The first-order valence-corrected chi connectivity index (χ1v) is 7.12. The van der Waals surface area contributed by atoms with Crippen LogP contribution in [0.15, 0.2) is 41.1 Å². The van der Waals surface area contributed by atoms with Gasteiger partial charge in [-0.05, 0) is 24.6 Å². The molecule has 0 aliphatic heterocycles. The van der Waals surface area contributed by atoms with Crippen LogP contribution in [0.4, 0.5) is 4.39 Å².